The van der Waals surface area contributed by atoms with Gasteiger partial charge in [0.25, 0.3) is 0 Å². The highest BCUT2D eigenvalue weighted by atomic mass is 16.3. The maximum atomic E-state index is 9.96. The van der Waals surface area contributed by atoms with Gasteiger partial charge >= 0.3 is 0 Å². The lowest BCUT2D eigenvalue weighted by molar-refractivity contribution is 0.266. The number of hydrogen-bond donors (Lipinski definition) is 2. The molecule has 0 amide bonds. The van der Waals surface area contributed by atoms with Crippen molar-refractivity contribution in [3.8, 4) is 5.75 Å². The van der Waals surface area contributed by atoms with Crippen LogP contribution in [0.1, 0.15) is 63.7 Å². The second-order valence-electron chi connectivity index (χ2n) is 8.62. The highest BCUT2D eigenvalue weighted by molar-refractivity contribution is 5.84. The van der Waals surface area contributed by atoms with Crippen LogP contribution in [0.2, 0.25) is 0 Å². The summed E-state index contributed by atoms with van der Waals surface area (Å²) in [6.45, 7) is 9.22. The number of rotatable bonds is 2. The van der Waals surface area contributed by atoms with E-state index in [0.717, 1.165) is 42.8 Å². The molecule has 1 fully saturated rings. The van der Waals surface area contributed by atoms with Crippen molar-refractivity contribution in [1.29, 1.82) is 0 Å². The number of phenolic OH excluding ortho intramolecular Hbond substituents is 1. The minimum Gasteiger partial charge on any atom is -0.508 e. The normalized spacial score (nSPS) is 32.7. The summed E-state index contributed by atoms with van der Waals surface area (Å²) < 4.78 is 6.42. The molecule has 0 spiro atoms. The maximum Gasteiger partial charge on any atom is 0.134 e. The van der Waals surface area contributed by atoms with Gasteiger partial charge in [0.15, 0.2) is 0 Å². The Labute approximate surface area is 150 Å². The van der Waals surface area contributed by atoms with E-state index in [1.54, 1.807) is 6.07 Å². The highest BCUT2D eigenvalue weighted by Gasteiger charge is 2.45. The lowest BCUT2D eigenvalue weighted by Crippen LogP contribution is -2.32. The monoisotopic (exact) mass is 341 g/mol. The van der Waals surface area contributed by atoms with E-state index in [0.29, 0.717) is 23.0 Å². The zero-order chi connectivity index (χ0) is 17.6. The average molecular weight is 341 g/mol. The fourth-order valence-corrected chi connectivity index (χ4v) is 5.66. The molecule has 1 aromatic carbocycles. The van der Waals surface area contributed by atoms with Crippen molar-refractivity contribution in [3.63, 3.8) is 0 Å². The molecular weight excluding hydrogens is 310 g/mol. The number of fused-ring (bicyclic) bond motifs is 5. The molecule has 1 saturated carbocycles. The Morgan fingerprint density at radius 3 is 2.84 bits per heavy atom. The Morgan fingerprint density at radius 2 is 2.08 bits per heavy atom. The molecule has 4 rings (SSSR count). The van der Waals surface area contributed by atoms with E-state index < -0.39 is 0 Å². The van der Waals surface area contributed by atoms with E-state index >= 15 is 0 Å². The van der Waals surface area contributed by atoms with Gasteiger partial charge in [0.05, 0.1) is 0 Å². The topological polar surface area (TPSA) is 45.4 Å². The quantitative estimate of drug-likeness (QED) is 0.787. The Kier molecular flexibility index (Phi) is 4.31. The second-order valence-corrected chi connectivity index (χ2v) is 8.62. The largest absolute Gasteiger partial charge is 0.508 e. The van der Waals surface area contributed by atoms with Crippen LogP contribution >= 0.6 is 0 Å². The molecular formula is C22H31NO2. The van der Waals surface area contributed by atoms with Gasteiger partial charge in [-0.1, -0.05) is 27.2 Å². The molecule has 2 aromatic rings. The van der Waals surface area contributed by atoms with Crippen molar-refractivity contribution in [2.24, 2.45) is 17.3 Å². The first-order valence-electron chi connectivity index (χ1n) is 9.99. The van der Waals surface area contributed by atoms with Crippen LogP contribution in [0.4, 0.5) is 0 Å². The van der Waals surface area contributed by atoms with Crippen molar-refractivity contribution in [2.45, 2.75) is 58.8 Å². The number of nitrogens with one attached hydrogen (secondary N) is 1. The standard InChI is InChI=1S/C22H31NO2/c1-4-14-11-22(3)12-19(14)16(5-2)21-17(8-9-23-13-22)18-10-15(24)6-7-20(18)25-21/h6-7,10,14,16,19,23-24H,4-5,8-9,11-13H2,1-3H3. The van der Waals surface area contributed by atoms with E-state index in [2.05, 4.69) is 26.1 Å². The van der Waals surface area contributed by atoms with Crippen LogP contribution in [0, 0.1) is 17.3 Å². The first kappa shape index (κ1) is 17.0. The Balaban J connectivity index is 1.85. The molecule has 1 aliphatic heterocycles. The van der Waals surface area contributed by atoms with E-state index in [-0.39, 0.29) is 0 Å². The molecule has 0 radical (unpaired) electrons. The van der Waals surface area contributed by atoms with Crippen LogP contribution in [-0.4, -0.2) is 18.2 Å². The van der Waals surface area contributed by atoms with E-state index in [1.165, 1.54) is 30.6 Å². The fraction of sp³-hybridized carbons (Fsp3) is 0.636. The summed E-state index contributed by atoms with van der Waals surface area (Å²) in [6, 6.07) is 5.54. The third-order valence-corrected chi connectivity index (χ3v) is 6.82. The fourth-order valence-electron chi connectivity index (χ4n) is 5.66. The summed E-state index contributed by atoms with van der Waals surface area (Å²) >= 11 is 0. The molecule has 2 heterocycles. The minimum absolute atomic E-state index is 0.328. The van der Waals surface area contributed by atoms with E-state index in [9.17, 15) is 5.11 Å². The third-order valence-electron chi connectivity index (χ3n) is 6.82. The van der Waals surface area contributed by atoms with Gasteiger partial charge in [-0.15, -0.1) is 0 Å². The molecule has 136 valence electrons. The molecule has 3 nitrogen and oxygen atoms in total. The summed E-state index contributed by atoms with van der Waals surface area (Å²) in [6.07, 6.45) is 5.98. The van der Waals surface area contributed by atoms with Crippen molar-refractivity contribution in [2.75, 3.05) is 13.1 Å². The van der Waals surface area contributed by atoms with Crippen molar-refractivity contribution in [1.82, 2.24) is 5.32 Å². The SMILES string of the molecule is CCC1CC2(C)CNCCc3c(oc4ccc(O)cc34)C(CC)C1C2. The van der Waals surface area contributed by atoms with Crippen LogP contribution in [0.25, 0.3) is 11.0 Å². The van der Waals surface area contributed by atoms with Crippen LogP contribution in [0.5, 0.6) is 5.75 Å². The zero-order valence-corrected chi connectivity index (χ0v) is 15.8. The average Bonchev–Trinajstić information content (AvgIpc) is 3.10. The molecule has 4 unspecified atom stereocenters. The molecule has 2 N–H and O–H groups in total. The number of benzene rings is 1. The lowest BCUT2D eigenvalue weighted by atomic mass is 9.77. The zero-order valence-electron chi connectivity index (χ0n) is 15.8. The third kappa shape index (κ3) is 2.87. The molecule has 4 atom stereocenters. The Bertz CT molecular complexity index is 765. The minimum atomic E-state index is 0.328. The summed E-state index contributed by atoms with van der Waals surface area (Å²) in [5, 5.41) is 14.8. The van der Waals surface area contributed by atoms with Gasteiger partial charge in [-0.3, -0.25) is 0 Å². The van der Waals surface area contributed by atoms with Gasteiger partial charge in [-0.25, -0.2) is 0 Å². The van der Waals surface area contributed by atoms with Crippen LogP contribution in [0.15, 0.2) is 22.6 Å². The smallest absolute Gasteiger partial charge is 0.134 e. The second kappa shape index (κ2) is 6.35. The molecule has 2 bridgehead atoms. The van der Waals surface area contributed by atoms with Gasteiger partial charge in [-0.05, 0) is 67.7 Å². The number of hydrogen-bond acceptors (Lipinski definition) is 3. The van der Waals surface area contributed by atoms with E-state index in [1.807, 2.05) is 12.1 Å². The van der Waals surface area contributed by atoms with Crippen molar-refractivity contribution < 1.29 is 9.52 Å². The molecule has 3 heteroatoms. The number of furan rings is 1. The van der Waals surface area contributed by atoms with Gasteiger partial charge in [-0.2, -0.15) is 0 Å². The summed E-state index contributed by atoms with van der Waals surface area (Å²) in [4.78, 5) is 0. The number of phenols is 1. The van der Waals surface area contributed by atoms with Gasteiger partial charge in [0.2, 0.25) is 0 Å². The van der Waals surface area contributed by atoms with Crippen LogP contribution in [-0.2, 0) is 6.42 Å². The molecule has 25 heavy (non-hydrogen) atoms. The van der Waals surface area contributed by atoms with Crippen LogP contribution in [0.3, 0.4) is 0 Å². The molecule has 1 aliphatic carbocycles. The molecule has 2 aliphatic rings. The highest BCUT2D eigenvalue weighted by Crippen LogP contribution is 2.54. The molecule has 0 saturated heterocycles. The first-order chi connectivity index (χ1) is 12.0. The summed E-state index contributed by atoms with van der Waals surface area (Å²) in [7, 11) is 0. The summed E-state index contributed by atoms with van der Waals surface area (Å²) in [5.41, 5.74) is 2.66. The Morgan fingerprint density at radius 1 is 1.24 bits per heavy atom. The van der Waals surface area contributed by atoms with Crippen molar-refractivity contribution >= 4 is 11.0 Å². The predicted molar refractivity (Wildman–Crippen MR) is 102 cm³/mol. The van der Waals surface area contributed by atoms with Gasteiger partial charge in [0, 0.05) is 23.4 Å². The first-order valence-corrected chi connectivity index (χ1v) is 9.99. The van der Waals surface area contributed by atoms with E-state index in [4.69, 9.17) is 4.42 Å². The number of aromatic hydroxyl groups is 1. The predicted octanol–water partition coefficient (Wildman–Crippen LogP) is 5.22. The Hall–Kier alpha value is -1.48. The summed E-state index contributed by atoms with van der Waals surface area (Å²) in [5.74, 6) is 3.50. The van der Waals surface area contributed by atoms with Gasteiger partial charge < -0.3 is 14.8 Å². The lowest BCUT2D eigenvalue weighted by Gasteiger charge is -2.29. The molecule has 1 aromatic heterocycles. The van der Waals surface area contributed by atoms with Crippen LogP contribution < -0.4 is 5.32 Å². The maximum absolute atomic E-state index is 9.96. The van der Waals surface area contributed by atoms with Crippen molar-refractivity contribution in [3.05, 3.63) is 29.5 Å². The van der Waals surface area contributed by atoms with Gasteiger partial charge in [0.1, 0.15) is 17.1 Å².